The van der Waals surface area contributed by atoms with Gasteiger partial charge < -0.3 is 19.2 Å². The molecule has 3 heterocycles. The van der Waals surface area contributed by atoms with E-state index in [0.29, 0.717) is 41.9 Å². The van der Waals surface area contributed by atoms with Gasteiger partial charge in [0.25, 0.3) is 5.56 Å². The first-order valence-corrected chi connectivity index (χ1v) is 8.46. The summed E-state index contributed by atoms with van der Waals surface area (Å²) in [5, 5.41) is 7.03. The first kappa shape index (κ1) is 16.9. The van der Waals surface area contributed by atoms with Gasteiger partial charge in [0, 0.05) is 17.8 Å². The number of hydrogen-bond donors (Lipinski definition) is 1. The lowest BCUT2D eigenvalue weighted by molar-refractivity contribution is -0.119. The summed E-state index contributed by atoms with van der Waals surface area (Å²) in [5.74, 6) is 1.35. The van der Waals surface area contributed by atoms with Gasteiger partial charge in [-0.05, 0) is 37.3 Å². The smallest absolute Gasteiger partial charge is 0.267 e. The highest BCUT2D eigenvalue weighted by Gasteiger charge is 2.20. The number of nitrogens with one attached hydrogen (secondary N) is 1. The third kappa shape index (κ3) is 3.41. The average molecular weight is 367 g/mol. The van der Waals surface area contributed by atoms with Crippen LogP contribution in [0.4, 0.5) is 5.69 Å². The summed E-state index contributed by atoms with van der Waals surface area (Å²) in [4.78, 5) is 24.8. The number of nitrogens with zero attached hydrogens (tertiary/aromatic N) is 2. The van der Waals surface area contributed by atoms with Crippen molar-refractivity contribution in [3.05, 3.63) is 59.1 Å². The molecule has 0 fully saturated rings. The molecule has 1 amide bonds. The van der Waals surface area contributed by atoms with Crippen molar-refractivity contribution in [1.82, 2.24) is 9.78 Å². The molecule has 1 aliphatic heterocycles. The Kier molecular flexibility index (Phi) is 4.37. The molecule has 0 saturated carbocycles. The van der Waals surface area contributed by atoms with Crippen LogP contribution in [-0.4, -0.2) is 28.9 Å². The van der Waals surface area contributed by atoms with Gasteiger partial charge in [0.15, 0.2) is 17.3 Å². The molecule has 1 aliphatic rings. The second-order valence-electron chi connectivity index (χ2n) is 6.00. The number of fused-ring (bicyclic) bond motifs is 1. The van der Waals surface area contributed by atoms with Gasteiger partial charge in [-0.25, -0.2) is 4.68 Å². The minimum atomic E-state index is -0.819. The van der Waals surface area contributed by atoms with E-state index >= 15 is 0 Å². The highest BCUT2D eigenvalue weighted by atomic mass is 16.6. The highest BCUT2D eigenvalue weighted by molar-refractivity contribution is 5.93. The number of benzene rings is 1. The number of carbonyl (C=O) groups excluding carboxylic acids is 1. The van der Waals surface area contributed by atoms with Crippen LogP contribution in [0.25, 0.3) is 11.5 Å². The minimum Gasteiger partial charge on any atom is -0.486 e. The Morgan fingerprint density at radius 1 is 1.15 bits per heavy atom. The molecule has 0 saturated heterocycles. The summed E-state index contributed by atoms with van der Waals surface area (Å²) >= 11 is 0. The number of anilines is 1. The Balaban J connectivity index is 1.56. The molecule has 8 heteroatoms. The second-order valence-corrected chi connectivity index (χ2v) is 6.00. The Morgan fingerprint density at radius 3 is 2.74 bits per heavy atom. The maximum Gasteiger partial charge on any atom is 0.267 e. The van der Waals surface area contributed by atoms with Crippen LogP contribution in [0, 0.1) is 0 Å². The average Bonchev–Trinajstić information content (AvgIpc) is 3.22. The SMILES string of the molecule is CC(C(=O)Nc1ccc2c(c1)OCCO2)n1nc(-c2ccco2)ccc1=O. The van der Waals surface area contributed by atoms with Crippen LogP contribution < -0.4 is 20.3 Å². The van der Waals surface area contributed by atoms with E-state index in [-0.39, 0.29) is 11.5 Å². The van der Waals surface area contributed by atoms with Crippen molar-refractivity contribution in [3.63, 3.8) is 0 Å². The highest BCUT2D eigenvalue weighted by Crippen LogP contribution is 2.32. The summed E-state index contributed by atoms with van der Waals surface area (Å²) in [6.45, 7) is 2.56. The molecule has 0 radical (unpaired) electrons. The van der Waals surface area contributed by atoms with Crippen molar-refractivity contribution in [3.8, 4) is 23.0 Å². The third-order valence-electron chi connectivity index (χ3n) is 4.15. The van der Waals surface area contributed by atoms with Crippen LogP contribution >= 0.6 is 0 Å². The summed E-state index contributed by atoms with van der Waals surface area (Å²) in [6.07, 6.45) is 1.52. The molecular weight excluding hydrogens is 350 g/mol. The Morgan fingerprint density at radius 2 is 1.96 bits per heavy atom. The predicted octanol–water partition coefficient (Wildman–Crippen LogP) is 2.47. The fourth-order valence-electron chi connectivity index (χ4n) is 2.74. The summed E-state index contributed by atoms with van der Waals surface area (Å²) < 4.78 is 17.4. The lowest BCUT2D eigenvalue weighted by Gasteiger charge is -2.19. The fraction of sp³-hybridized carbons (Fsp3) is 0.211. The van der Waals surface area contributed by atoms with Crippen molar-refractivity contribution >= 4 is 11.6 Å². The topological polar surface area (TPSA) is 95.6 Å². The lowest BCUT2D eigenvalue weighted by atomic mass is 10.2. The van der Waals surface area contributed by atoms with Gasteiger partial charge in [-0.1, -0.05) is 0 Å². The first-order chi connectivity index (χ1) is 13.1. The zero-order chi connectivity index (χ0) is 18.8. The predicted molar refractivity (Wildman–Crippen MR) is 97.0 cm³/mol. The molecule has 1 aromatic carbocycles. The summed E-state index contributed by atoms with van der Waals surface area (Å²) in [5.41, 5.74) is 0.639. The summed E-state index contributed by atoms with van der Waals surface area (Å²) in [7, 11) is 0. The standard InChI is InChI=1S/C19H17N3O5/c1-12(22-18(23)7-5-14(21-22)15-3-2-8-25-15)19(24)20-13-4-6-16-17(11-13)27-10-9-26-16/h2-8,11-12H,9-10H2,1H3,(H,20,24). The molecule has 4 rings (SSSR count). The Hall–Kier alpha value is -3.55. The van der Waals surface area contributed by atoms with Gasteiger partial charge in [-0.2, -0.15) is 5.10 Å². The zero-order valence-electron chi connectivity index (χ0n) is 14.5. The number of rotatable bonds is 4. The van der Waals surface area contributed by atoms with Gasteiger partial charge in [0.1, 0.15) is 24.9 Å². The zero-order valence-corrected chi connectivity index (χ0v) is 14.5. The molecule has 1 atom stereocenters. The number of carbonyl (C=O) groups is 1. The number of aromatic nitrogens is 2. The van der Waals surface area contributed by atoms with Gasteiger partial charge in [0.2, 0.25) is 5.91 Å². The van der Waals surface area contributed by atoms with Crippen LogP contribution in [0.15, 0.2) is 57.9 Å². The summed E-state index contributed by atoms with van der Waals surface area (Å²) in [6, 6.07) is 10.7. The van der Waals surface area contributed by atoms with Gasteiger partial charge in [0.05, 0.1) is 6.26 Å². The van der Waals surface area contributed by atoms with E-state index in [4.69, 9.17) is 13.9 Å². The molecule has 8 nitrogen and oxygen atoms in total. The van der Waals surface area contributed by atoms with E-state index in [1.165, 1.54) is 12.3 Å². The molecule has 3 aromatic rings. The molecule has 2 aromatic heterocycles. The van der Waals surface area contributed by atoms with Crippen molar-refractivity contribution in [2.75, 3.05) is 18.5 Å². The number of amides is 1. The van der Waals surface area contributed by atoms with Crippen molar-refractivity contribution in [2.24, 2.45) is 0 Å². The van der Waals surface area contributed by atoms with Crippen LogP contribution in [-0.2, 0) is 4.79 Å². The van der Waals surface area contributed by atoms with Crippen LogP contribution in [0.2, 0.25) is 0 Å². The van der Waals surface area contributed by atoms with Crippen LogP contribution in [0.5, 0.6) is 11.5 Å². The fourth-order valence-corrected chi connectivity index (χ4v) is 2.74. The number of hydrogen-bond acceptors (Lipinski definition) is 6. The van der Waals surface area contributed by atoms with Crippen molar-refractivity contribution in [1.29, 1.82) is 0 Å². The molecule has 138 valence electrons. The second kappa shape index (κ2) is 6.99. The van der Waals surface area contributed by atoms with E-state index in [1.54, 1.807) is 43.3 Å². The maximum absolute atomic E-state index is 12.6. The minimum absolute atomic E-state index is 0.377. The Labute approximate surface area is 154 Å². The third-order valence-corrected chi connectivity index (χ3v) is 4.15. The first-order valence-electron chi connectivity index (χ1n) is 8.46. The van der Waals surface area contributed by atoms with Crippen molar-refractivity contribution in [2.45, 2.75) is 13.0 Å². The Bertz CT molecular complexity index is 1030. The molecule has 0 spiro atoms. The largest absolute Gasteiger partial charge is 0.486 e. The molecule has 1 N–H and O–H groups in total. The van der Waals surface area contributed by atoms with Crippen LogP contribution in [0.1, 0.15) is 13.0 Å². The quantitative estimate of drug-likeness (QED) is 0.761. The molecular formula is C19H17N3O5. The number of furan rings is 1. The van der Waals surface area contributed by atoms with E-state index in [1.807, 2.05) is 0 Å². The van der Waals surface area contributed by atoms with Gasteiger partial charge >= 0.3 is 0 Å². The normalized spacial score (nSPS) is 13.8. The maximum atomic E-state index is 12.6. The van der Waals surface area contributed by atoms with Gasteiger partial charge in [-0.3, -0.25) is 9.59 Å². The van der Waals surface area contributed by atoms with Gasteiger partial charge in [-0.15, -0.1) is 0 Å². The monoisotopic (exact) mass is 367 g/mol. The van der Waals surface area contributed by atoms with Crippen LogP contribution in [0.3, 0.4) is 0 Å². The van der Waals surface area contributed by atoms with E-state index in [2.05, 4.69) is 10.4 Å². The molecule has 0 aliphatic carbocycles. The van der Waals surface area contributed by atoms with E-state index in [0.717, 1.165) is 4.68 Å². The van der Waals surface area contributed by atoms with E-state index < -0.39 is 6.04 Å². The molecule has 1 unspecified atom stereocenters. The number of ether oxygens (including phenoxy) is 2. The van der Waals surface area contributed by atoms with E-state index in [9.17, 15) is 9.59 Å². The lowest BCUT2D eigenvalue weighted by Crippen LogP contribution is -2.33. The molecule has 0 bridgehead atoms. The molecule has 27 heavy (non-hydrogen) atoms. The van der Waals surface area contributed by atoms with Crippen molar-refractivity contribution < 1.29 is 18.7 Å².